The molecule has 19 heavy (non-hydrogen) atoms. The van der Waals surface area contributed by atoms with Gasteiger partial charge in [0.2, 0.25) is 11.8 Å². The second kappa shape index (κ2) is 6.72. The SMILES string of the molecule is CCCOc1ccnc(NCCc2cnn(C)c2)n1. The van der Waals surface area contributed by atoms with E-state index in [1.165, 1.54) is 5.56 Å². The first kappa shape index (κ1) is 13.3. The molecule has 6 nitrogen and oxygen atoms in total. The van der Waals surface area contributed by atoms with E-state index in [1.54, 1.807) is 16.9 Å². The summed E-state index contributed by atoms with van der Waals surface area (Å²) in [4.78, 5) is 8.44. The van der Waals surface area contributed by atoms with Gasteiger partial charge in [-0.05, 0) is 18.4 Å². The highest BCUT2D eigenvalue weighted by molar-refractivity contribution is 5.27. The van der Waals surface area contributed by atoms with Crippen LogP contribution in [0.25, 0.3) is 0 Å². The van der Waals surface area contributed by atoms with Gasteiger partial charge in [-0.3, -0.25) is 4.68 Å². The Kier molecular flexibility index (Phi) is 4.72. The predicted octanol–water partition coefficient (Wildman–Crippen LogP) is 1.65. The monoisotopic (exact) mass is 261 g/mol. The van der Waals surface area contributed by atoms with Crippen molar-refractivity contribution in [2.75, 3.05) is 18.5 Å². The molecule has 0 radical (unpaired) electrons. The molecule has 102 valence electrons. The van der Waals surface area contributed by atoms with Gasteiger partial charge >= 0.3 is 0 Å². The van der Waals surface area contributed by atoms with Gasteiger partial charge in [0.15, 0.2) is 0 Å². The van der Waals surface area contributed by atoms with Gasteiger partial charge in [-0.1, -0.05) is 6.92 Å². The highest BCUT2D eigenvalue weighted by Gasteiger charge is 2.00. The summed E-state index contributed by atoms with van der Waals surface area (Å²) in [5.74, 6) is 1.21. The first-order valence-electron chi connectivity index (χ1n) is 6.45. The van der Waals surface area contributed by atoms with E-state index in [1.807, 2.05) is 19.4 Å². The summed E-state index contributed by atoms with van der Waals surface area (Å²) in [7, 11) is 1.91. The van der Waals surface area contributed by atoms with Gasteiger partial charge in [-0.25, -0.2) is 4.98 Å². The number of nitrogens with one attached hydrogen (secondary N) is 1. The number of aromatic nitrogens is 4. The van der Waals surface area contributed by atoms with Gasteiger partial charge in [-0.2, -0.15) is 10.1 Å². The quantitative estimate of drug-likeness (QED) is 0.821. The number of hydrogen-bond acceptors (Lipinski definition) is 5. The van der Waals surface area contributed by atoms with E-state index in [-0.39, 0.29) is 0 Å². The van der Waals surface area contributed by atoms with Crippen molar-refractivity contribution < 1.29 is 4.74 Å². The minimum atomic E-state index is 0.595. The summed E-state index contributed by atoms with van der Waals surface area (Å²) >= 11 is 0. The molecule has 2 rings (SSSR count). The molecule has 6 heteroatoms. The molecule has 1 N–H and O–H groups in total. The Morgan fingerprint density at radius 1 is 1.42 bits per heavy atom. The van der Waals surface area contributed by atoms with Gasteiger partial charge in [0, 0.05) is 32.1 Å². The van der Waals surface area contributed by atoms with Crippen LogP contribution in [0.15, 0.2) is 24.7 Å². The summed E-state index contributed by atoms with van der Waals surface area (Å²) in [6.07, 6.45) is 7.42. The second-order valence-corrected chi connectivity index (χ2v) is 4.27. The highest BCUT2D eigenvalue weighted by atomic mass is 16.5. The van der Waals surface area contributed by atoms with Crippen LogP contribution in [-0.2, 0) is 13.5 Å². The minimum absolute atomic E-state index is 0.595. The van der Waals surface area contributed by atoms with Gasteiger partial charge in [0.05, 0.1) is 12.8 Å². The van der Waals surface area contributed by atoms with Crippen molar-refractivity contribution in [3.05, 3.63) is 30.2 Å². The normalized spacial score (nSPS) is 10.4. The van der Waals surface area contributed by atoms with E-state index in [2.05, 4.69) is 27.3 Å². The molecular weight excluding hydrogens is 242 g/mol. The summed E-state index contributed by atoms with van der Waals surface area (Å²) in [5.41, 5.74) is 1.19. The Hall–Kier alpha value is -2.11. The van der Waals surface area contributed by atoms with Crippen molar-refractivity contribution in [1.29, 1.82) is 0 Å². The lowest BCUT2D eigenvalue weighted by Gasteiger charge is -2.06. The molecule has 0 aliphatic heterocycles. The maximum atomic E-state index is 5.46. The van der Waals surface area contributed by atoms with Crippen LogP contribution >= 0.6 is 0 Å². The minimum Gasteiger partial charge on any atom is -0.478 e. The predicted molar refractivity (Wildman–Crippen MR) is 73.2 cm³/mol. The molecule has 0 amide bonds. The van der Waals surface area contributed by atoms with E-state index >= 15 is 0 Å². The number of anilines is 1. The van der Waals surface area contributed by atoms with Gasteiger partial charge in [0.1, 0.15) is 0 Å². The van der Waals surface area contributed by atoms with Gasteiger partial charge < -0.3 is 10.1 Å². The highest BCUT2D eigenvalue weighted by Crippen LogP contribution is 2.08. The molecule has 2 heterocycles. The lowest BCUT2D eigenvalue weighted by molar-refractivity contribution is 0.305. The Morgan fingerprint density at radius 3 is 3.05 bits per heavy atom. The fourth-order valence-corrected chi connectivity index (χ4v) is 1.63. The Morgan fingerprint density at radius 2 is 2.32 bits per heavy atom. The molecule has 0 unspecified atom stereocenters. The molecule has 0 fully saturated rings. The van der Waals surface area contributed by atoms with E-state index in [4.69, 9.17) is 4.74 Å². The van der Waals surface area contributed by atoms with Crippen LogP contribution in [-0.4, -0.2) is 32.9 Å². The average molecular weight is 261 g/mol. The van der Waals surface area contributed by atoms with Gasteiger partial charge in [0.25, 0.3) is 0 Å². The maximum absolute atomic E-state index is 5.46. The molecule has 0 aromatic carbocycles. The van der Waals surface area contributed by atoms with Crippen LogP contribution in [0.2, 0.25) is 0 Å². The third-order valence-electron chi connectivity index (χ3n) is 2.54. The zero-order chi connectivity index (χ0) is 13.5. The molecule has 0 saturated heterocycles. The number of aryl methyl sites for hydroxylation is 1. The summed E-state index contributed by atoms with van der Waals surface area (Å²) in [6.45, 7) is 3.50. The summed E-state index contributed by atoms with van der Waals surface area (Å²) in [6, 6.07) is 1.77. The summed E-state index contributed by atoms with van der Waals surface area (Å²) in [5, 5.41) is 7.31. The molecule has 0 aliphatic carbocycles. The maximum Gasteiger partial charge on any atom is 0.225 e. The molecule has 0 spiro atoms. The Balaban J connectivity index is 1.82. The Labute approximate surface area is 112 Å². The Bertz CT molecular complexity index is 511. The largest absolute Gasteiger partial charge is 0.478 e. The molecule has 0 saturated carbocycles. The van der Waals surface area contributed by atoms with E-state index in [0.29, 0.717) is 18.4 Å². The lowest BCUT2D eigenvalue weighted by Crippen LogP contribution is -2.08. The molecule has 2 aromatic rings. The topological polar surface area (TPSA) is 64.9 Å². The van der Waals surface area contributed by atoms with E-state index in [9.17, 15) is 0 Å². The zero-order valence-electron chi connectivity index (χ0n) is 11.3. The first-order chi connectivity index (χ1) is 9.28. The van der Waals surface area contributed by atoms with Crippen molar-refractivity contribution in [1.82, 2.24) is 19.7 Å². The van der Waals surface area contributed by atoms with Crippen LogP contribution in [0.5, 0.6) is 5.88 Å². The van der Waals surface area contributed by atoms with Crippen molar-refractivity contribution in [2.45, 2.75) is 19.8 Å². The van der Waals surface area contributed by atoms with Crippen LogP contribution in [0, 0.1) is 0 Å². The van der Waals surface area contributed by atoms with Crippen LogP contribution in [0.3, 0.4) is 0 Å². The van der Waals surface area contributed by atoms with Crippen molar-refractivity contribution in [3.8, 4) is 5.88 Å². The fraction of sp³-hybridized carbons (Fsp3) is 0.462. The van der Waals surface area contributed by atoms with Crippen molar-refractivity contribution in [3.63, 3.8) is 0 Å². The lowest BCUT2D eigenvalue weighted by atomic mass is 10.2. The average Bonchev–Trinajstić information content (AvgIpc) is 2.83. The molecule has 0 aliphatic rings. The number of ether oxygens (including phenoxy) is 1. The second-order valence-electron chi connectivity index (χ2n) is 4.27. The third kappa shape index (κ3) is 4.24. The van der Waals surface area contributed by atoms with Crippen molar-refractivity contribution >= 4 is 5.95 Å². The fourth-order valence-electron chi connectivity index (χ4n) is 1.63. The van der Waals surface area contributed by atoms with Crippen molar-refractivity contribution in [2.24, 2.45) is 7.05 Å². The summed E-state index contributed by atoms with van der Waals surface area (Å²) < 4.78 is 7.26. The number of hydrogen-bond donors (Lipinski definition) is 1. The first-order valence-corrected chi connectivity index (χ1v) is 6.45. The molecule has 0 bridgehead atoms. The van der Waals surface area contributed by atoms with Gasteiger partial charge in [-0.15, -0.1) is 0 Å². The molecule has 0 atom stereocenters. The standard InChI is InChI=1S/C13H19N5O/c1-3-8-19-12-5-7-15-13(17-12)14-6-4-11-9-16-18(2)10-11/h5,7,9-10H,3-4,6,8H2,1-2H3,(H,14,15,17). The number of rotatable bonds is 7. The third-order valence-corrected chi connectivity index (χ3v) is 2.54. The molecular formula is C13H19N5O. The number of nitrogens with zero attached hydrogens (tertiary/aromatic N) is 4. The van der Waals surface area contributed by atoms with Crippen LogP contribution in [0.4, 0.5) is 5.95 Å². The van der Waals surface area contributed by atoms with E-state index < -0.39 is 0 Å². The molecule has 2 aromatic heterocycles. The zero-order valence-corrected chi connectivity index (χ0v) is 11.3. The van der Waals surface area contributed by atoms with Crippen LogP contribution < -0.4 is 10.1 Å². The smallest absolute Gasteiger partial charge is 0.225 e. The van der Waals surface area contributed by atoms with E-state index in [0.717, 1.165) is 19.4 Å². The van der Waals surface area contributed by atoms with Crippen LogP contribution in [0.1, 0.15) is 18.9 Å².